The molecule has 0 amide bonds. The molecule has 1 saturated carbocycles. The summed E-state index contributed by atoms with van der Waals surface area (Å²) in [6, 6.07) is 6.53. The summed E-state index contributed by atoms with van der Waals surface area (Å²) in [5, 5.41) is 12.0. The van der Waals surface area contributed by atoms with Crippen LogP contribution < -0.4 is 5.32 Å². The molecule has 0 saturated heterocycles. The van der Waals surface area contributed by atoms with Gasteiger partial charge in [0.25, 0.3) is 0 Å². The van der Waals surface area contributed by atoms with Gasteiger partial charge in [0.15, 0.2) is 0 Å². The van der Waals surface area contributed by atoms with Crippen LogP contribution in [0.15, 0.2) is 24.3 Å². The van der Waals surface area contributed by atoms with Gasteiger partial charge in [-0.05, 0) is 30.5 Å². The molecule has 0 atom stereocenters. The van der Waals surface area contributed by atoms with Gasteiger partial charge in [0, 0.05) is 12.1 Å². The summed E-state index contributed by atoms with van der Waals surface area (Å²) in [4.78, 5) is 10.6. The van der Waals surface area contributed by atoms with Gasteiger partial charge in [-0.1, -0.05) is 25.0 Å². The van der Waals surface area contributed by atoms with Crippen LogP contribution in [0.25, 0.3) is 0 Å². The minimum Gasteiger partial charge on any atom is -0.481 e. The number of hydrogen-bond acceptors (Lipinski definition) is 2. The zero-order chi connectivity index (χ0) is 13.0. The van der Waals surface area contributed by atoms with Gasteiger partial charge in [0.2, 0.25) is 0 Å². The third-order valence-electron chi connectivity index (χ3n) is 3.66. The molecule has 1 aliphatic rings. The predicted octanol–water partition coefficient (Wildman–Crippen LogP) is 2.66. The maximum atomic E-state index is 13.0. The lowest BCUT2D eigenvalue weighted by Gasteiger charge is -2.31. The zero-order valence-corrected chi connectivity index (χ0v) is 10.3. The molecule has 0 aromatic heterocycles. The first-order chi connectivity index (χ1) is 8.62. The molecule has 0 bridgehead atoms. The van der Waals surface area contributed by atoms with Crippen molar-refractivity contribution in [3.05, 3.63) is 35.6 Å². The molecule has 1 aromatic rings. The second-order valence-electron chi connectivity index (χ2n) is 4.87. The van der Waals surface area contributed by atoms with E-state index in [9.17, 15) is 9.18 Å². The van der Waals surface area contributed by atoms with Crippen molar-refractivity contribution in [3.8, 4) is 0 Å². The topological polar surface area (TPSA) is 49.3 Å². The summed E-state index contributed by atoms with van der Waals surface area (Å²) in [6.07, 6.45) is 4.33. The van der Waals surface area contributed by atoms with Crippen LogP contribution in [-0.2, 0) is 10.3 Å². The van der Waals surface area contributed by atoms with Crippen molar-refractivity contribution in [1.29, 1.82) is 0 Å². The van der Waals surface area contributed by atoms with Crippen LogP contribution in [-0.4, -0.2) is 17.6 Å². The minimum absolute atomic E-state index is 0.114. The van der Waals surface area contributed by atoms with E-state index in [1.54, 1.807) is 12.1 Å². The molecule has 0 spiro atoms. The molecule has 1 aromatic carbocycles. The van der Waals surface area contributed by atoms with E-state index in [1.165, 1.54) is 12.1 Å². The van der Waals surface area contributed by atoms with Crippen LogP contribution in [0.3, 0.4) is 0 Å². The highest BCUT2D eigenvalue weighted by atomic mass is 19.1. The molecule has 98 valence electrons. The maximum Gasteiger partial charge on any atom is 0.304 e. The first-order valence-electron chi connectivity index (χ1n) is 6.35. The van der Waals surface area contributed by atoms with Gasteiger partial charge in [0.05, 0.1) is 6.42 Å². The van der Waals surface area contributed by atoms with Gasteiger partial charge in [0.1, 0.15) is 5.82 Å². The Morgan fingerprint density at radius 3 is 2.44 bits per heavy atom. The fourth-order valence-corrected chi connectivity index (χ4v) is 2.72. The van der Waals surface area contributed by atoms with Gasteiger partial charge in [-0.25, -0.2) is 4.39 Å². The number of halogens is 1. The van der Waals surface area contributed by atoms with Crippen LogP contribution in [0, 0.1) is 5.82 Å². The Labute approximate surface area is 106 Å². The number of carbonyl (C=O) groups is 1. The number of aliphatic carboxylic acids is 1. The Morgan fingerprint density at radius 1 is 1.28 bits per heavy atom. The minimum atomic E-state index is -0.797. The van der Waals surface area contributed by atoms with E-state index in [-0.39, 0.29) is 17.8 Å². The first kappa shape index (κ1) is 13.0. The molecule has 0 unspecified atom stereocenters. The van der Waals surface area contributed by atoms with Gasteiger partial charge in [-0.2, -0.15) is 0 Å². The Hall–Kier alpha value is -1.42. The average molecular weight is 251 g/mol. The molecule has 18 heavy (non-hydrogen) atoms. The lowest BCUT2D eigenvalue weighted by atomic mass is 9.88. The van der Waals surface area contributed by atoms with E-state index in [0.717, 1.165) is 31.2 Å². The smallest absolute Gasteiger partial charge is 0.304 e. The van der Waals surface area contributed by atoms with Crippen molar-refractivity contribution >= 4 is 5.97 Å². The highest BCUT2D eigenvalue weighted by molar-refractivity contribution is 5.66. The number of benzene rings is 1. The summed E-state index contributed by atoms with van der Waals surface area (Å²) in [6.45, 7) is 0.451. The van der Waals surface area contributed by atoms with Crippen molar-refractivity contribution in [2.24, 2.45) is 0 Å². The number of nitrogens with one attached hydrogen (secondary N) is 1. The van der Waals surface area contributed by atoms with Crippen molar-refractivity contribution in [3.63, 3.8) is 0 Å². The first-order valence-corrected chi connectivity index (χ1v) is 6.35. The summed E-state index contributed by atoms with van der Waals surface area (Å²) in [5.74, 6) is -1.04. The van der Waals surface area contributed by atoms with E-state index >= 15 is 0 Å². The van der Waals surface area contributed by atoms with Crippen LogP contribution in [0.4, 0.5) is 4.39 Å². The molecular formula is C14H18FNO2. The van der Waals surface area contributed by atoms with Crippen molar-refractivity contribution in [2.45, 2.75) is 37.6 Å². The molecule has 2 rings (SSSR count). The lowest BCUT2D eigenvalue weighted by molar-refractivity contribution is -0.136. The fraction of sp³-hybridized carbons (Fsp3) is 0.500. The SMILES string of the molecule is O=C(O)CCNC1(c2ccc(F)cc2)CCCC1. The summed E-state index contributed by atoms with van der Waals surface area (Å²) in [5.41, 5.74) is 0.898. The van der Waals surface area contributed by atoms with E-state index in [4.69, 9.17) is 5.11 Å². The third kappa shape index (κ3) is 2.88. The lowest BCUT2D eigenvalue weighted by Crippen LogP contribution is -2.41. The maximum absolute atomic E-state index is 13.0. The number of carboxylic acids is 1. The second-order valence-corrected chi connectivity index (χ2v) is 4.87. The molecule has 1 aliphatic carbocycles. The Bertz CT molecular complexity index is 410. The molecule has 1 fully saturated rings. The van der Waals surface area contributed by atoms with Crippen LogP contribution in [0.2, 0.25) is 0 Å². The second kappa shape index (κ2) is 5.48. The molecule has 4 heteroatoms. The zero-order valence-electron chi connectivity index (χ0n) is 10.3. The Kier molecular flexibility index (Phi) is 3.97. The van der Waals surface area contributed by atoms with Gasteiger partial charge in [-0.3, -0.25) is 4.79 Å². The largest absolute Gasteiger partial charge is 0.481 e. The van der Waals surface area contributed by atoms with Crippen LogP contribution in [0.5, 0.6) is 0 Å². The number of rotatable bonds is 5. The van der Waals surface area contributed by atoms with Gasteiger partial charge < -0.3 is 10.4 Å². The predicted molar refractivity (Wildman–Crippen MR) is 66.8 cm³/mol. The van der Waals surface area contributed by atoms with Crippen molar-refractivity contribution in [2.75, 3.05) is 6.54 Å². The molecule has 2 N–H and O–H groups in total. The third-order valence-corrected chi connectivity index (χ3v) is 3.66. The van der Waals surface area contributed by atoms with Gasteiger partial charge in [-0.15, -0.1) is 0 Å². The summed E-state index contributed by atoms with van der Waals surface area (Å²) in [7, 11) is 0. The summed E-state index contributed by atoms with van der Waals surface area (Å²) >= 11 is 0. The number of carboxylic acid groups (broad SMARTS) is 1. The van der Waals surface area contributed by atoms with Crippen molar-refractivity contribution in [1.82, 2.24) is 5.32 Å². The van der Waals surface area contributed by atoms with Gasteiger partial charge >= 0.3 is 5.97 Å². The van der Waals surface area contributed by atoms with E-state index in [2.05, 4.69) is 5.32 Å². The molecule has 0 aliphatic heterocycles. The standard InChI is InChI=1S/C14H18FNO2/c15-12-5-3-11(4-6-12)14(8-1-2-9-14)16-10-7-13(17)18/h3-6,16H,1-2,7-10H2,(H,17,18). The molecule has 0 radical (unpaired) electrons. The quantitative estimate of drug-likeness (QED) is 0.845. The highest BCUT2D eigenvalue weighted by Crippen LogP contribution is 2.38. The molecule has 0 heterocycles. The monoisotopic (exact) mass is 251 g/mol. The fourth-order valence-electron chi connectivity index (χ4n) is 2.72. The molecule has 3 nitrogen and oxygen atoms in total. The van der Waals surface area contributed by atoms with Crippen molar-refractivity contribution < 1.29 is 14.3 Å². The normalized spacial score (nSPS) is 17.8. The van der Waals surface area contributed by atoms with E-state index in [0.29, 0.717) is 6.54 Å². The Morgan fingerprint density at radius 2 is 1.89 bits per heavy atom. The average Bonchev–Trinajstić information content (AvgIpc) is 2.79. The van der Waals surface area contributed by atoms with E-state index in [1.807, 2.05) is 0 Å². The van der Waals surface area contributed by atoms with E-state index < -0.39 is 5.97 Å². The number of hydrogen-bond donors (Lipinski definition) is 2. The van der Waals surface area contributed by atoms with Crippen LogP contribution >= 0.6 is 0 Å². The highest BCUT2D eigenvalue weighted by Gasteiger charge is 2.34. The summed E-state index contributed by atoms with van der Waals surface area (Å²) < 4.78 is 13.0. The molecular weight excluding hydrogens is 233 g/mol. The van der Waals surface area contributed by atoms with Crippen LogP contribution in [0.1, 0.15) is 37.7 Å². The Balaban J connectivity index is 2.11.